The molecule has 29 heavy (non-hydrogen) atoms. The van der Waals surface area contributed by atoms with Gasteiger partial charge in [-0.1, -0.05) is 0 Å². The standard InChI is InChI=1S/C21H29F3N2O3/c1-19(2,3)18(28)29-17-16-13-6-12(9-25(16)15(27)8-20(22,23)24)7-14-21(13,17)26(14)10-11-4-5-11/h11-14,16-17H,4-10H2,1-3H3/t12?,13?,14?,16?,17-,21?,26?/m1/s1. The quantitative estimate of drug-likeness (QED) is 0.524. The van der Waals surface area contributed by atoms with Gasteiger partial charge >= 0.3 is 12.1 Å². The number of esters is 1. The summed E-state index contributed by atoms with van der Waals surface area (Å²) in [7, 11) is 0. The van der Waals surface area contributed by atoms with Crippen molar-refractivity contribution in [1.29, 1.82) is 0 Å². The van der Waals surface area contributed by atoms with Crippen molar-refractivity contribution in [2.75, 3.05) is 13.1 Å². The van der Waals surface area contributed by atoms with E-state index in [-0.39, 0.29) is 23.3 Å². The van der Waals surface area contributed by atoms with E-state index < -0.39 is 36.1 Å². The molecule has 6 unspecified atom stereocenters. The summed E-state index contributed by atoms with van der Waals surface area (Å²) in [5, 5.41) is 0. The lowest BCUT2D eigenvalue weighted by molar-refractivity contribution is -0.211. The van der Waals surface area contributed by atoms with Gasteiger partial charge in [-0.15, -0.1) is 0 Å². The summed E-state index contributed by atoms with van der Waals surface area (Å²) < 4.78 is 44.7. The largest absolute Gasteiger partial charge is 0.458 e. The lowest BCUT2D eigenvalue weighted by Gasteiger charge is -2.62. The summed E-state index contributed by atoms with van der Waals surface area (Å²) in [6, 6.07) is -0.0693. The summed E-state index contributed by atoms with van der Waals surface area (Å²) in [6.45, 7) is 6.67. The van der Waals surface area contributed by atoms with Gasteiger partial charge in [0.2, 0.25) is 5.91 Å². The molecule has 0 aromatic carbocycles. The molecule has 3 saturated carbocycles. The van der Waals surface area contributed by atoms with Gasteiger partial charge in [0, 0.05) is 25.0 Å². The number of amides is 1. The summed E-state index contributed by atoms with van der Waals surface area (Å²) in [4.78, 5) is 29.1. The van der Waals surface area contributed by atoms with E-state index in [4.69, 9.17) is 4.74 Å². The van der Waals surface area contributed by atoms with E-state index in [0.29, 0.717) is 18.5 Å². The molecule has 5 rings (SSSR count). The van der Waals surface area contributed by atoms with Gasteiger partial charge in [0.1, 0.15) is 12.5 Å². The SMILES string of the molecule is CC(C)(C)C(=O)O[C@@H]1C2C3CC(CC4N(CC5CC5)C341)CN2C(=O)CC(F)(F)F. The fourth-order valence-electron chi connectivity index (χ4n) is 6.31. The first-order valence-corrected chi connectivity index (χ1v) is 10.8. The molecule has 8 heteroatoms. The molecular formula is C21H29F3N2O3. The van der Waals surface area contributed by atoms with Gasteiger partial charge < -0.3 is 9.64 Å². The maximum Gasteiger partial charge on any atom is 0.397 e. The van der Waals surface area contributed by atoms with Crippen molar-refractivity contribution >= 4 is 11.9 Å². The molecule has 2 bridgehead atoms. The van der Waals surface area contributed by atoms with Crippen LogP contribution in [-0.2, 0) is 14.3 Å². The topological polar surface area (TPSA) is 49.6 Å². The van der Waals surface area contributed by atoms with Gasteiger partial charge in [-0.25, -0.2) is 0 Å². The van der Waals surface area contributed by atoms with Crippen LogP contribution in [0.25, 0.3) is 0 Å². The molecule has 1 amide bonds. The Morgan fingerprint density at radius 2 is 1.83 bits per heavy atom. The maximum absolute atomic E-state index is 12.9. The third-order valence-electron chi connectivity index (χ3n) is 7.74. The number of fused-ring (bicyclic) bond motifs is 1. The highest BCUT2D eigenvalue weighted by atomic mass is 19.4. The van der Waals surface area contributed by atoms with E-state index in [0.717, 1.165) is 19.4 Å². The van der Waals surface area contributed by atoms with Crippen LogP contribution >= 0.6 is 0 Å². The minimum Gasteiger partial charge on any atom is -0.458 e. The first-order chi connectivity index (χ1) is 13.4. The van der Waals surface area contributed by atoms with Gasteiger partial charge in [-0.05, 0) is 58.3 Å². The number of alkyl halides is 3. The molecule has 162 valence electrons. The van der Waals surface area contributed by atoms with Crippen LogP contribution < -0.4 is 0 Å². The van der Waals surface area contributed by atoms with Gasteiger partial charge in [0.25, 0.3) is 0 Å². The zero-order valence-corrected chi connectivity index (χ0v) is 17.2. The van der Waals surface area contributed by atoms with Crippen molar-refractivity contribution in [3.05, 3.63) is 0 Å². The fourth-order valence-corrected chi connectivity index (χ4v) is 6.31. The molecule has 1 spiro atoms. The summed E-state index contributed by atoms with van der Waals surface area (Å²) in [5.74, 6) is -0.167. The Balaban J connectivity index is 1.43. The summed E-state index contributed by atoms with van der Waals surface area (Å²) in [5.41, 5.74) is -0.942. The van der Waals surface area contributed by atoms with E-state index in [2.05, 4.69) is 4.90 Å². The molecule has 0 N–H and O–H groups in total. The highest BCUT2D eigenvalue weighted by Crippen LogP contribution is 2.70. The van der Waals surface area contributed by atoms with E-state index in [9.17, 15) is 22.8 Å². The van der Waals surface area contributed by atoms with E-state index in [1.54, 1.807) is 20.8 Å². The number of rotatable bonds is 4. The van der Waals surface area contributed by atoms with Crippen LogP contribution in [-0.4, -0.2) is 64.7 Å². The van der Waals surface area contributed by atoms with Crippen LogP contribution in [0.3, 0.4) is 0 Å². The molecule has 0 aromatic heterocycles. The number of carbonyl (C=O) groups is 2. The van der Waals surface area contributed by atoms with Crippen LogP contribution in [0.15, 0.2) is 0 Å². The second-order valence-electron chi connectivity index (χ2n) is 10.8. The number of likely N-dealkylation sites (tertiary alicyclic amines) is 2. The van der Waals surface area contributed by atoms with Crippen LogP contribution in [0.4, 0.5) is 13.2 Å². The fraction of sp³-hybridized carbons (Fsp3) is 0.905. The molecular weight excluding hydrogens is 385 g/mol. The zero-order valence-electron chi connectivity index (χ0n) is 17.2. The zero-order chi connectivity index (χ0) is 20.9. The Hall–Kier alpha value is -1.31. The first-order valence-electron chi connectivity index (χ1n) is 10.8. The lowest BCUT2D eigenvalue weighted by Crippen LogP contribution is -2.77. The van der Waals surface area contributed by atoms with Crippen molar-refractivity contribution in [3.8, 4) is 0 Å². The maximum atomic E-state index is 12.9. The number of halogens is 3. The normalized spacial score (nSPS) is 42.6. The molecule has 2 aliphatic heterocycles. The number of carbonyl (C=O) groups excluding carboxylic acids is 2. The minimum atomic E-state index is -4.53. The number of piperidine rings is 1. The number of hydrogen-bond acceptors (Lipinski definition) is 4. The van der Waals surface area contributed by atoms with Crippen LogP contribution in [0.1, 0.15) is 52.9 Å². The molecule has 0 radical (unpaired) electrons. The van der Waals surface area contributed by atoms with Crippen LogP contribution in [0, 0.1) is 23.2 Å². The monoisotopic (exact) mass is 414 g/mol. The average molecular weight is 414 g/mol. The molecule has 0 aromatic rings. The Labute approximate surface area is 168 Å². The molecule has 7 atom stereocenters. The summed E-state index contributed by atoms with van der Waals surface area (Å²) in [6.07, 6.45) is -2.23. The second-order valence-corrected chi connectivity index (χ2v) is 10.8. The Kier molecular flexibility index (Phi) is 3.99. The van der Waals surface area contributed by atoms with Crippen molar-refractivity contribution in [2.24, 2.45) is 23.2 Å². The third kappa shape index (κ3) is 2.92. The Bertz CT molecular complexity index is 744. The molecule has 5 aliphatic rings. The Morgan fingerprint density at radius 1 is 1.14 bits per heavy atom. The van der Waals surface area contributed by atoms with Crippen molar-refractivity contribution in [3.63, 3.8) is 0 Å². The highest BCUT2D eigenvalue weighted by molar-refractivity contribution is 5.79. The lowest BCUT2D eigenvalue weighted by atomic mass is 9.54. The van der Waals surface area contributed by atoms with Gasteiger partial charge in [0.05, 0.1) is 17.0 Å². The highest BCUT2D eigenvalue weighted by Gasteiger charge is 2.85. The predicted molar refractivity (Wildman–Crippen MR) is 97.7 cm³/mol. The molecule has 5 fully saturated rings. The van der Waals surface area contributed by atoms with E-state index in [1.807, 2.05) is 0 Å². The first kappa shape index (κ1) is 19.6. The minimum absolute atomic E-state index is 0.119. The number of hydrogen-bond donors (Lipinski definition) is 0. The smallest absolute Gasteiger partial charge is 0.397 e. The predicted octanol–water partition coefficient (Wildman–Crippen LogP) is 2.98. The van der Waals surface area contributed by atoms with Crippen LogP contribution in [0.5, 0.6) is 0 Å². The van der Waals surface area contributed by atoms with E-state index in [1.165, 1.54) is 17.7 Å². The second kappa shape index (κ2) is 5.89. The average Bonchev–Trinajstić information content (AvgIpc) is 3.47. The molecule has 5 nitrogen and oxygen atoms in total. The van der Waals surface area contributed by atoms with Gasteiger partial charge in [-0.2, -0.15) is 13.2 Å². The van der Waals surface area contributed by atoms with Gasteiger partial charge in [0.15, 0.2) is 0 Å². The third-order valence-corrected chi connectivity index (χ3v) is 7.74. The van der Waals surface area contributed by atoms with Gasteiger partial charge in [-0.3, -0.25) is 14.5 Å². The van der Waals surface area contributed by atoms with Crippen molar-refractivity contribution in [2.45, 2.75) is 82.8 Å². The van der Waals surface area contributed by atoms with E-state index >= 15 is 0 Å². The number of nitrogens with zero attached hydrogens (tertiary/aromatic N) is 2. The van der Waals surface area contributed by atoms with Crippen molar-refractivity contribution < 1.29 is 27.5 Å². The molecule has 2 saturated heterocycles. The summed E-state index contributed by atoms with van der Waals surface area (Å²) >= 11 is 0. The number of ether oxygens (including phenoxy) is 1. The van der Waals surface area contributed by atoms with Crippen LogP contribution in [0.2, 0.25) is 0 Å². The van der Waals surface area contributed by atoms with Crippen molar-refractivity contribution in [1.82, 2.24) is 9.80 Å². The molecule has 3 aliphatic carbocycles. The Morgan fingerprint density at radius 3 is 2.41 bits per heavy atom. The molecule has 2 heterocycles.